The van der Waals surface area contributed by atoms with E-state index in [4.69, 9.17) is 0 Å². The van der Waals surface area contributed by atoms with Crippen molar-refractivity contribution in [2.45, 2.75) is 31.4 Å². The largest absolute Gasteiger partial charge is 0.383 e. The third-order valence-electron chi connectivity index (χ3n) is 3.15. The second-order valence-electron chi connectivity index (χ2n) is 4.69. The summed E-state index contributed by atoms with van der Waals surface area (Å²) in [5.41, 5.74) is 1.51. The summed E-state index contributed by atoms with van der Waals surface area (Å²) >= 11 is 1.95. The van der Waals surface area contributed by atoms with Gasteiger partial charge in [-0.2, -0.15) is 11.8 Å². The highest BCUT2D eigenvalue weighted by molar-refractivity contribution is 8.00. The number of rotatable bonds is 6. The zero-order valence-corrected chi connectivity index (χ0v) is 12.1. The first-order valence-electron chi connectivity index (χ1n) is 6.89. The molecule has 1 aliphatic rings. The van der Waals surface area contributed by atoms with Crippen LogP contribution in [0.15, 0.2) is 18.5 Å². The van der Waals surface area contributed by atoms with Crippen LogP contribution in [-0.4, -0.2) is 35.0 Å². The number of carbonyl (C=O) groups excluding carboxylic acids is 1. The van der Waals surface area contributed by atoms with Crippen LogP contribution in [0.5, 0.6) is 0 Å². The first-order valence-corrected chi connectivity index (χ1v) is 7.94. The summed E-state index contributed by atoms with van der Waals surface area (Å²) in [7, 11) is 0. The molecule has 1 aromatic rings. The molecule has 1 saturated heterocycles. The van der Waals surface area contributed by atoms with Gasteiger partial charge in [0, 0.05) is 24.5 Å². The normalized spacial score (nSPS) is 18.3. The summed E-state index contributed by atoms with van der Waals surface area (Å²) in [5, 5.41) is 6.85. The fraction of sp³-hybridized carbons (Fsp3) is 0.571. The average Bonchev–Trinajstić information content (AvgIpc) is 2.96. The number of carbonyl (C=O) groups is 1. The minimum Gasteiger partial charge on any atom is -0.383 e. The molecule has 1 aliphatic heterocycles. The van der Waals surface area contributed by atoms with E-state index in [0.29, 0.717) is 10.8 Å². The van der Waals surface area contributed by atoms with Crippen molar-refractivity contribution in [3.63, 3.8) is 0 Å². The molecule has 1 unspecified atom stereocenters. The van der Waals surface area contributed by atoms with Gasteiger partial charge in [-0.1, -0.05) is 6.92 Å². The van der Waals surface area contributed by atoms with Gasteiger partial charge >= 0.3 is 0 Å². The number of thioether (sulfide) groups is 1. The molecule has 1 aromatic heterocycles. The quantitative estimate of drug-likeness (QED) is 0.840. The van der Waals surface area contributed by atoms with E-state index in [1.54, 1.807) is 18.5 Å². The van der Waals surface area contributed by atoms with Crippen LogP contribution in [0.1, 0.15) is 36.5 Å². The zero-order valence-electron chi connectivity index (χ0n) is 11.3. The maximum atomic E-state index is 12.2. The van der Waals surface area contributed by atoms with Gasteiger partial charge in [-0.25, -0.2) is 0 Å². The van der Waals surface area contributed by atoms with Crippen molar-refractivity contribution in [3.8, 4) is 0 Å². The summed E-state index contributed by atoms with van der Waals surface area (Å²) in [6.45, 7) is 3.71. The fourth-order valence-corrected chi connectivity index (χ4v) is 3.30. The predicted molar refractivity (Wildman–Crippen MR) is 80.8 cm³/mol. The molecule has 2 N–H and O–H groups in total. The number of anilines is 1. The number of hydrogen-bond acceptors (Lipinski definition) is 4. The molecule has 0 radical (unpaired) electrons. The van der Waals surface area contributed by atoms with Crippen molar-refractivity contribution in [2.24, 2.45) is 0 Å². The molecular formula is C14H21N3OS. The number of pyridine rings is 1. The number of amides is 1. The minimum absolute atomic E-state index is 0.00602. The molecule has 104 valence electrons. The van der Waals surface area contributed by atoms with E-state index in [0.717, 1.165) is 25.2 Å². The SMILES string of the molecule is CCCNc1cnccc1C(=O)NCC1CCCS1. The van der Waals surface area contributed by atoms with Crippen LogP contribution < -0.4 is 10.6 Å². The third kappa shape index (κ3) is 4.13. The van der Waals surface area contributed by atoms with E-state index in [-0.39, 0.29) is 5.91 Å². The molecule has 1 fully saturated rings. The second-order valence-corrected chi connectivity index (χ2v) is 6.10. The van der Waals surface area contributed by atoms with Gasteiger partial charge in [0.15, 0.2) is 0 Å². The summed E-state index contributed by atoms with van der Waals surface area (Å²) in [5.74, 6) is 1.22. The smallest absolute Gasteiger partial charge is 0.253 e. The van der Waals surface area contributed by atoms with Gasteiger partial charge < -0.3 is 10.6 Å². The first-order chi connectivity index (χ1) is 9.31. The fourth-order valence-electron chi connectivity index (χ4n) is 2.10. The molecule has 0 spiro atoms. The van der Waals surface area contributed by atoms with E-state index >= 15 is 0 Å². The van der Waals surface area contributed by atoms with Crippen LogP contribution in [-0.2, 0) is 0 Å². The highest BCUT2D eigenvalue weighted by Gasteiger charge is 2.17. The molecule has 1 atom stereocenters. The van der Waals surface area contributed by atoms with Crippen molar-refractivity contribution in [1.82, 2.24) is 10.3 Å². The Morgan fingerprint density at radius 2 is 2.47 bits per heavy atom. The Labute approximate surface area is 118 Å². The molecule has 0 saturated carbocycles. The summed E-state index contributed by atoms with van der Waals surface area (Å²) in [6.07, 6.45) is 6.88. The standard InChI is InChI=1S/C14H21N3OS/c1-2-6-16-13-10-15-7-5-12(13)14(18)17-9-11-4-3-8-19-11/h5,7,10-11,16H,2-4,6,8-9H2,1H3,(H,17,18). The molecular weight excluding hydrogens is 258 g/mol. The van der Waals surface area contributed by atoms with Gasteiger partial charge in [0.2, 0.25) is 0 Å². The van der Waals surface area contributed by atoms with Crippen LogP contribution in [0.25, 0.3) is 0 Å². The Bertz CT molecular complexity index is 419. The monoisotopic (exact) mass is 279 g/mol. The Morgan fingerprint density at radius 3 is 3.21 bits per heavy atom. The van der Waals surface area contributed by atoms with E-state index in [2.05, 4.69) is 22.5 Å². The van der Waals surface area contributed by atoms with E-state index < -0.39 is 0 Å². The number of nitrogens with one attached hydrogen (secondary N) is 2. The maximum absolute atomic E-state index is 12.2. The van der Waals surface area contributed by atoms with Crippen molar-refractivity contribution in [2.75, 3.05) is 24.2 Å². The van der Waals surface area contributed by atoms with Crippen LogP contribution in [0.4, 0.5) is 5.69 Å². The van der Waals surface area contributed by atoms with Crippen molar-refractivity contribution >= 4 is 23.4 Å². The molecule has 0 aromatic carbocycles. The Hall–Kier alpha value is -1.23. The van der Waals surface area contributed by atoms with Gasteiger partial charge in [-0.15, -0.1) is 0 Å². The summed E-state index contributed by atoms with van der Waals surface area (Å²) < 4.78 is 0. The third-order valence-corrected chi connectivity index (χ3v) is 4.54. The molecule has 5 heteroatoms. The van der Waals surface area contributed by atoms with Gasteiger partial charge in [0.1, 0.15) is 0 Å². The highest BCUT2D eigenvalue weighted by atomic mass is 32.2. The molecule has 2 heterocycles. The second kappa shape index (κ2) is 7.38. The molecule has 1 amide bonds. The van der Waals surface area contributed by atoms with Gasteiger partial charge in [0.25, 0.3) is 5.91 Å². The van der Waals surface area contributed by atoms with Crippen LogP contribution in [0.2, 0.25) is 0 Å². The Morgan fingerprint density at radius 1 is 1.58 bits per heavy atom. The maximum Gasteiger partial charge on any atom is 0.253 e. The Balaban J connectivity index is 1.93. The van der Waals surface area contributed by atoms with Gasteiger partial charge in [0.05, 0.1) is 17.4 Å². The lowest BCUT2D eigenvalue weighted by Gasteiger charge is -2.13. The van der Waals surface area contributed by atoms with Crippen molar-refractivity contribution in [3.05, 3.63) is 24.0 Å². The lowest BCUT2D eigenvalue weighted by molar-refractivity contribution is 0.0954. The van der Waals surface area contributed by atoms with Crippen LogP contribution in [0.3, 0.4) is 0 Å². The Kier molecular flexibility index (Phi) is 5.51. The molecule has 0 bridgehead atoms. The predicted octanol–water partition coefficient (Wildman–Crippen LogP) is 2.53. The highest BCUT2D eigenvalue weighted by Crippen LogP contribution is 2.25. The number of hydrogen-bond donors (Lipinski definition) is 2. The molecule has 19 heavy (non-hydrogen) atoms. The molecule has 4 nitrogen and oxygen atoms in total. The number of aromatic nitrogens is 1. The van der Waals surface area contributed by atoms with Crippen LogP contribution in [0, 0.1) is 0 Å². The lowest BCUT2D eigenvalue weighted by atomic mass is 10.2. The van der Waals surface area contributed by atoms with E-state index in [1.165, 1.54) is 18.6 Å². The van der Waals surface area contributed by atoms with Gasteiger partial charge in [-0.3, -0.25) is 9.78 Å². The molecule has 2 rings (SSSR count). The topological polar surface area (TPSA) is 54.0 Å². The lowest BCUT2D eigenvalue weighted by Crippen LogP contribution is -2.30. The molecule has 0 aliphatic carbocycles. The van der Waals surface area contributed by atoms with Crippen molar-refractivity contribution in [1.29, 1.82) is 0 Å². The average molecular weight is 279 g/mol. The van der Waals surface area contributed by atoms with Crippen LogP contribution >= 0.6 is 11.8 Å². The zero-order chi connectivity index (χ0) is 13.5. The van der Waals surface area contributed by atoms with Gasteiger partial charge in [-0.05, 0) is 31.1 Å². The summed E-state index contributed by atoms with van der Waals surface area (Å²) in [4.78, 5) is 16.3. The van der Waals surface area contributed by atoms with E-state index in [1.807, 2.05) is 11.8 Å². The minimum atomic E-state index is -0.00602. The van der Waals surface area contributed by atoms with Crippen molar-refractivity contribution < 1.29 is 4.79 Å². The number of nitrogens with zero attached hydrogens (tertiary/aromatic N) is 1. The summed E-state index contributed by atoms with van der Waals surface area (Å²) in [6, 6.07) is 1.77. The first kappa shape index (κ1) is 14.2. The van der Waals surface area contributed by atoms with E-state index in [9.17, 15) is 4.79 Å².